The Morgan fingerprint density at radius 1 is 1.24 bits per heavy atom. The summed E-state index contributed by atoms with van der Waals surface area (Å²) in [5.41, 5.74) is 2.13. The van der Waals surface area contributed by atoms with Gasteiger partial charge in [0.1, 0.15) is 0 Å². The second kappa shape index (κ2) is 6.59. The number of amides is 1. The molecule has 4 nitrogen and oxygen atoms in total. The van der Waals surface area contributed by atoms with E-state index in [1.165, 1.54) is 18.5 Å². The van der Waals surface area contributed by atoms with Crippen molar-refractivity contribution < 1.29 is 4.79 Å². The summed E-state index contributed by atoms with van der Waals surface area (Å²) in [4.78, 5) is 17.7. The van der Waals surface area contributed by atoms with Crippen LogP contribution in [0.5, 0.6) is 0 Å². The maximum Gasteiger partial charge on any atom is 0.225 e. The van der Waals surface area contributed by atoms with Crippen LogP contribution in [0.4, 0.5) is 5.69 Å². The zero-order chi connectivity index (χ0) is 14.5. The van der Waals surface area contributed by atoms with Gasteiger partial charge in [-0.1, -0.05) is 18.2 Å². The number of aromatic nitrogens is 1. The summed E-state index contributed by atoms with van der Waals surface area (Å²) in [6.45, 7) is 1.88. The largest absolute Gasteiger partial charge is 0.364 e. The van der Waals surface area contributed by atoms with E-state index in [9.17, 15) is 4.79 Å². The maximum absolute atomic E-state index is 12.0. The van der Waals surface area contributed by atoms with Gasteiger partial charge >= 0.3 is 0 Å². The van der Waals surface area contributed by atoms with Crippen molar-refractivity contribution in [2.45, 2.75) is 25.3 Å². The molecule has 1 aliphatic rings. The van der Waals surface area contributed by atoms with E-state index >= 15 is 0 Å². The van der Waals surface area contributed by atoms with Crippen LogP contribution in [0.25, 0.3) is 0 Å². The molecule has 1 aromatic carbocycles. The fourth-order valence-electron chi connectivity index (χ4n) is 2.99. The van der Waals surface area contributed by atoms with Crippen LogP contribution in [0.2, 0.25) is 0 Å². The second-order valence-corrected chi connectivity index (χ2v) is 5.48. The number of likely N-dealkylation sites (tertiary alicyclic amines) is 1. The van der Waals surface area contributed by atoms with E-state index in [1.54, 1.807) is 0 Å². The minimum Gasteiger partial charge on any atom is -0.364 e. The number of nitrogens with zero attached hydrogens (tertiary/aromatic N) is 1. The summed E-state index contributed by atoms with van der Waals surface area (Å²) < 4.78 is 0. The SMILES string of the molecule is O=C(CCN1CCCC1c1ccc[nH]1)Nc1ccccc1. The standard InChI is InChI=1S/C17H21N3O/c21-17(19-14-6-2-1-3-7-14)10-13-20-12-5-9-16(20)15-8-4-11-18-15/h1-4,6-8,11,16,18H,5,9-10,12-13H2,(H,19,21). The van der Waals surface area contributed by atoms with E-state index < -0.39 is 0 Å². The number of anilines is 1. The molecule has 2 N–H and O–H groups in total. The van der Waals surface area contributed by atoms with E-state index in [0.717, 1.165) is 18.8 Å². The molecule has 0 bridgehead atoms. The Morgan fingerprint density at radius 2 is 2.10 bits per heavy atom. The van der Waals surface area contributed by atoms with Crippen molar-refractivity contribution in [2.24, 2.45) is 0 Å². The minimum absolute atomic E-state index is 0.0818. The van der Waals surface area contributed by atoms with Gasteiger partial charge in [-0.3, -0.25) is 9.69 Å². The van der Waals surface area contributed by atoms with Crippen LogP contribution in [0, 0.1) is 0 Å². The Morgan fingerprint density at radius 3 is 2.86 bits per heavy atom. The van der Waals surface area contributed by atoms with Gasteiger partial charge in [-0.25, -0.2) is 0 Å². The summed E-state index contributed by atoms with van der Waals surface area (Å²) in [5, 5.41) is 2.94. The molecule has 110 valence electrons. The number of para-hydroxylation sites is 1. The molecule has 4 heteroatoms. The summed E-state index contributed by atoms with van der Waals surface area (Å²) in [6, 6.07) is 14.2. The van der Waals surface area contributed by atoms with E-state index in [4.69, 9.17) is 0 Å². The lowest BCUT2D eigenvalue weighted by atomic mass is 10.1. The first-order valence-corrected chi connectivity index (χ1v) is 7.55. The summed E-state index contributed by atoms with van der Waals surface area (Å²) >= 11 is 0. The molecular formula is C17H21N3O. The Bertz CT molecular complexity index is 565. The first kappa shape index (κ1) is 13.9. The van der Waals surface area contributed by atoms with Gasteiger partial charge in [0.25, 0.3) is 0 Å². The van der Waals surface area contributed by atoms with Crippen molar-refractivity contribution in [2.75, 3.05) is 18.4 Å². The molecule has 1 unspecified atom stereocenters. The molecule has 0 spiro atoms. The van der Waals surface area contributed by atoms with Gasteiger partial charge in [0.15, 0.2) is 0 Å². The average molecular weight is 283 g/mol. The highest BCUT2D eigenvalue weighted by Gasteiger charge is 2.26. The molecule has 0 aliphatic carbocycles. The third kappa shape index (κ3) is 3.52. The molecule has 1 saturated heterocycles. The number of hydrogen-bond acceptors (Lipinski definition) is 2. The van der Waals surface area contributed by atoms with Crippen LogP contribution in [-0.2, 0) is 4.79 Å². The van der Waals surface area contributed by atoms with Gasteiger partial charge < -0.3 is 10.3 Å². The Balaban J connectivity index is 1.51. The van der Waals surface area contributed by atoms with Crippen molar-refractivity contribution in [3.05, 3.63) is 54.4 Å². The molecule has 0 radical (unpaired) electrons. The van der Waals surface area contributed by atoms with Crippen LogP contribution in [0.1, 0.15) is 31.0 Å². The smallest absolute Gasteiger partial charge is 0.225 e. The zero-order valence-corrected chi connectivity index (χ0v) is 12.1. The minimum atomic E-state index is 0.0818. The van der Waals surface area contributed by atoms with E-state index in [0.29, 0.717) is 12.5 Å². The lowest BCUT2D eigenvalue weighted by Crippen LogP contribution is -2.27. The first-order chi connectivity index (χ1) is 10.3. The predicted octanol–water partition coefficient (Wildman–Crippen LogP) is 3.18. The van der Waals surface area contributed by atoms with Gasteiger partial charge in [-0.15, -0.1) is 0 Å². The molecule has 1 aromatic heterocycles. The highest BCUT2D eigenvalue weighted by Crippen LogP contribution is 2.30. The quantitative estimate of drug-likeness (QED) is 0.885. The molecule has 1 amide bonds. The zero-order valence-electron chi connectivity index (χ0n) is 12.1. The number of nitrogens with one attached hydrogen (secondary N) is 2. The van der Waals surface area contributed by atoms with Crippen LogP contribution < -0.4 is 5.32 Å². The van der Waals surface area contributed by atoms with E-state index in [-0.39, 0.29) is 5.91 Å². The van der Waals surface area contributed by atoms with Crippen molar-refractivity contribution >= 4 is 11.6 Å². The number of rotatable bonds is 5. The first-order valence-electron chi connectivity index (χ1n) is 7.55. The number of hydrogen-bond donors (Lipinski definition) is 2. The molecule has 1 aliphatic heterocycles. The number of H-pyrrole nitrogens is 1. The lowest BCUT2D eigenvalue weighted by Gasteiger charge is -2.23. The Hall–Kier alpha value is -2.07. The molecule has 3 rings (SSSR count). The summed E-state index contributed by atoms with van der Waals surface area (Å²) in [6.07, 6.45) is 4.87. The molecule has 2 aromatic rings. The molecule has 1 fully saturated rings. The van der Waals surface area contributed by atoms with Crippen LogP contribution >= 0.6 is 0 Å². The number of benzene rings is 1. The third-order valence-electron chi connectivity index (χ3n) is 4.03. The molecule has 0 saturated carbocycles. The highest BCUT2D eigenvalue weighted by atomic mass is 16.1. The second-order valence-electron chi connectivity index (χ2n) is 5.48. The number of aromatic amines is 1. The molecule has 1 atom stereocenters. The van der Waals surface area contributed by atoms with Gasteiger partial charge in [-0.2, -0.15) is 0 Å². The number of carbonyl (C=O) groups is 1. The molecular weight excluding hydrogens is 262 g/mol. The predicted molar refractivity (Wildman–Crippen MR) is 84.0 cm³/mol. The fraction of sp³-hybridized carbons (Fsp3) is 0.353. The summed E-state index contributed by atoms with van der Waals surface area (Å²) in [5.74, 6) is 0.0818. The van der Waals surface area contributed by atoms with Crippen LogP contribution in [0.3, 0.4) is 0 Å². The lowest BCUT2D eigenvalue weighted by molar-refractivity contribution is -0.116. The highest BCUT2D eigenvalue weighted by molar-refractivity contribution is 5.90. The molecule has 2 heterocycles. The third-order valence-corrected chi connectivity index (χ3v) is 4.03. The van der Waals surface area contributed by atoms with Crippen molar-refractivity contribution in [3.8, 4) is 0 Å². The van der Waals surface area contributed by atoms with E-state index in [2.05, 4.69) is 21.3 Å². The van der Waals surface area contributed by atoms with Gasteiger partial charge in [0, 0.05) is 36.6 Å². The molecule has 21 heavy (non-hydrogen) atoms. The van der Waals surface area contributed by atoms with Crippen molar-refractivity contribution in [3.63, 3.8) is 0 Å². The maximum atomic E-state index is 12.0. The Kier molecular flexibility index (Phi) is 4.36. The van der Waals surface area contributed by atoms with Gasteiger partial charge in [0.05, 0.1) is 0 Å². The topological polar surface area (TPSA) is 48.1 Å². The number of carbonyl (C=O) groups excluding carboxylic acids is 1. The Labute approximate surface area is 125 Å². The fourth-order valence-corrected chi connectivity index (χ4v) is 2.99. The normalized spacial score (nSPS) is 18.8. The van der Waals surface area contributed by atoms with Crippen molar-refractivity contribution in [1.82, 2.24) is 9.88 Å². The van der Waals surface area contributed by atoms with Gasteiger partial charge in [-0.05, 0) is 43.7 Å². The van der Waals surface area contributed by atoms with Gasteiger partial charge in [0.2, 0.25) is 5.91 Å². The van der Waals surface area contributed by atoms with Crippen LogP contribution in [0.15, 0.2) is 48.7 Å². The monoisotopic (exact) mass is 283 g/mol. The van der Waals surface area contributed by atoms with Crippen molar-refractivity contribution in [1.29, 1.82) is 0 Å². The average Bonchev–Trinajstić information content (AvgIpc) is 3.17. The van der Waals surface area contributed by atoms with E-state index in [1.807, 2.05) is 42.6 Å². The summed E-state index contributed by atoms with van der Waals surface area (Å²) in [7, 11) is 0. The van der Waals surface area contributed by atoms with Crippen LogP contribution in [-0.4, -0.2) is 28.9 Å².